The smallest absolute Gasteiger partial charge is 0.288 e. The molecule has 0 saturated carbocycles. The van der Waals surface area contributed by atoms with Crippen LogP contribution in [0.1, 0.15) is 18.4 Å². The van der Waals surface area contributed by atoms with Gasteiger partial charge in [0.25, 0.3) is 5.69 Å². The molecule has 1 saturated heterocycles. The van der Waals surface area contributed by atoms with Crippen LogP contribution >= 0.6 is 0 Å². The summed E-state index contributed by atoms with van der Waals surface area (Å²) >= 11 is 0. The van der Waals surface area contributed by atoms with Gasteiger partial charge in [0.1, 0.15) is 12.0 Å². The number of nitrogens with zero attached hydrogens (tertiary/aromatic N) is 4. The fourth-order valence-electron chi connectivity index (χ4n) is 2.32. The maximum absolute atomic E-state index is 10.8. The van der Waals surface area contributed by atoms with E-state index >= 15 is 0 Å². The highest BCUT2D eigenvalue weighted by atomic mass is 16.6. The fourth-order valence-corrected chi connectivity index (χ4v) is 2.32. The van der Waals surface area contributed by atoms with Crippen molar-refractivity contribution in [2.45, 2.75) is 18.9 Å². The molecule has 114 valence electrons. The van der Waals surface area contributed by atoms with E-state index < -0.39 is 4.92 Å². The highest BCUT2D eigenvalue weighted by molar-refractivity contribution is 6.01. The molecule has 0 bridgehead atoms. The van der Waals surface area contributed by atoms with E-state index in [4.69, 9.17) is 15.7 Å². The minimum Gasteiger partial charge on any atom is -0.409 e. The first-order valence-corrected chi connectivity index (χ1v) is 6.47. The summed E-state index contributed by atoms with van der Waals surface area (Å²) in [7, 11) is 1.83. The normalized spacial score (nSPS) is 16.7. The summed E-state index contributed by atoms with van der Waals surface area (Å²) in [5, 5.41) is 22.6. The lowest BCUT2D eigenvalue weighted by atomic mass is 10.1. The molecule has 0 aliphatic carbocycles. The minimum atomic E-state index is -0.570. The van der Waals surface area contributed by atoms with E-state index in [1.807, 2.05) is 11.9 Å². The molecule has 2 rings (SSSR count). The molecule has 0 aromatic carbocycles. The van der Waals surface area contributed by atoms with Gasteiger partial charge in [-0.25, -0.2) is 4.98 Å². The SMILES string of the molecule is CN(c1ncc([N+](=O)[O-])cc1C(N)=NO)C1CCOCC1. The number of nitro groups is 1. The first kappa shape index (κ1) is 15.0. The molecule has 1 aliphatic rings. The summed E-state index contributed by atoms with van der Waals surface area (Å²) in [6, 6.07) is 1.45. The summed E-state index contributed by atoms with van der Waals surface area (Å²) in [5.41, 5.74) is 5.65. The second-order valence-corrected chi connectivity index (χ2v) is 4.76. The van der Waals surface area contributed by atoms with E-state index in [0.29, 0.717) is 19.0 Å². The Kier molecular flexibility index (Phi) is 4.53. The van der Waals surface area contributed by atoms with Crippen molar-refractivity contribution in [2.75, 3.05) is 25.2 Å². The molecule has 0 unspecified atom stereocenters. The molecule has 1 aliphatic heterocycles. The molecule has 0 amide bonds. The van der Waals surface area contributed by atoms with Crippen LogP contribution in [0.5, 0.6) is 0 Å². The molecule has 21 heavy (non-hydrogen) atoms. The molecule has 9 heteroatoms. The quantitative estimate of drug-likeness (QED) is 0.275. The van der Waals surface area contributed by atoms with Crippen LogP contribution in [0.3, 0.4) is 0 Å². The molecule has 9 nitrogen and oxygen atoms in total. The van der Waals surface area contributed by atoms with Crippen molar-refractivity contribution < 1.29 is 14.9 Å². The Morgan fingerprint density at radius 3 is 2.86 bits per heavy atom. The second kappa shape index (κ2) is 6.35. The maximum atomic E-state index is 10.8. The zero-order valence-electron chi connectivity index (χ0n) is 11.6. The number of anilines is 1. The van der Waals surface area contributed by atoms with Crippen molar-refractivity contribution in [2.24, 2.45) is 10.9 Å². The van der Waals surface area contributed by atoms with Crippen molar-refractivity contribution >= 4 is 17.3 Å². The number of hydrogen-bond acceptors (Lipinski definition) is 7. The Balaban J connectivity index is 2.39. The first-order chi connectivity index (χ1) is 10.0. The number of aromatic nitrogens is 1. The molecule has 1 aromatic heterocycles. The van der Waals surface area contributed by atoms with Crippen LogP contribution < -0.4 is 10.6 Å². The molecule has 0 atom stereocenters. The van der Waals surface area contributed by atoms with Crippen LogP contribution in [0.2, 0.25) is 0 Å². The number of pyridine rings is 1. The van der Waals surface area contributed by atoms with Gasteiger partial charge in [0.05, 0.1) is 10.5 Å². The molecular weight excluding hydrogens is 278 g/mol. The van der Waals surface area contributed by atoms with E-state index in [1.165, 1.54) is 12.3 Å². The summed E-state index contributed by atoms with van der Waals surface area (Å²) in [5.74, 6) is 0.239. The standard InChI is InChI=1S/C12H17N5O4/c1-16(8-2-4-21-5-3-8)12-10(11(13)15-18)6-9(7-14-12)17(19)20/h6-8,18H,2-5H2,1H3,(H2,13,15). The fraction of sp³-hybridized carbons (Fsp3) is 0.500. The number of ether oxygens (including phenoxy) is 1. The van der Waals surface area contributed by atoms with Gasteiger partial charge in [0.15, 0.2) is 5.84 Å². The predicted molar refractivity (Wildman–Crippen MR) is 75.6 cm³/mol. The molecule has 3 N–H and O–H groups in total. The lowest BCUT2D eigenvalue weighted by molar-refractivity contribution is -0.385. The van der Waals surface area contributed by atoms with Gasteiger partial charge in [-0.15, -0.1) is 0 Å². The van der Waals surface area contributed by atoms with Crippen LogP contribution in [-0.2, 0) is 4.74 Å². The number of rotatable bonds is 4. The molecule has 2 heterocycles. The molecule has 0 spiro atoms. The van der Waals surface area contributed by atoms with Gasteiger partial charge in [-0.2, -0.15) is 0 Å². The number of oxime groups is 1. The van der Waals surface area contributed by atoms with Crippen molar-refractivity contribution in [3.63, 3.8) is 0 Å². The predicted octanol–water partition coefficient (Wildman–Crippen LogP) is 0.699. The van der Waals surface area contributed by atoms with Gasteiger partial charge >= 0.3 is 0 Å². The Bertz CT molecular complexity index is 557. The summed E-state index contributed by atoms with van der Waals surface area (Å²) in [6.45, 7) is 1.31. The lowest BCUT2D eigenvalue weighted by Gasteiger charge is -2.32. The molecular formula is C12H17N5O4. The van der Waals surface area contributed by atoms with Crippen molar-refractivity contribution in [3.05, 3.63) is 27.9 Å². The van der Waals surface area contributed by atoms with E-state index in [9.17, 15) is 10.1 Å². The second-order valence-electron chi connectivity index (χ2n) is 4.76. The summed E-state index contributed by atoms with van der Waals surface area (Å²) in [6.07, 6.45) is 2.81. The topological polar surface area (TPSA) is 127 Å². The van der Waals surface area contributed by atoms with Gasteiger partial charge in [-0.3, -0.25) is 10.1 Å². The molecule has 1 fully saturated rings. The van der Waals surface area contributed by atoms with E-state index in [1.54, 1.807) is 0 Å². The Hall–Kier alpha value is -2.42. The van der Waals surface area contributed by atoms with Gasteiger partial charge in [0, 0.05) is 32.4 Å². The van der Waals surface area contributed by atoms with Gasteiger partial charge in [-0.05, 0) is 12.8 Å². The highest BCUT2D eigenvalue weighted by Crippen LogP contribution is 2.25. The van der Waals surface area contributed by atoms with Gasteiger partial charge in [0.2, 0.25) is 0 Å². The summed E-state index contributed by atoms with van der Waals surface area (Å²) in [4.78, 5) is 16.3. The highest BCUT2D eigenvalue weighted by Gasteiger charge is 2.24. The lowest BCUT2D eigenvalue weighted by Crippen LogP contribution is -2.38. The maximum Gasteiger partial charge on any atom is 0.288 e. The van der Waals surface area contributed by atoms with Crippen molar-refractivity contribution in [1.29, 1.82) is 0 Å². The van der Waals surface area contributed by atoms with Crippen LogP contribution in [0.25, 0.3) is 0 Å². The first-order valence-electron chi connectivity index (χ1n) is 6.47. The number of hydrogen-bond donors (Lipinski definition) is 2. The average Bonchev–Trinajstić information content (AvgIpc) is 2.53. The third-order valence-electron chi connectivity index (χ3n) is 3.52. The average molecular weight is 295 g/mol. The largest absolute Gasteiger partial charge is 0.409 e. The third-order valence-corrected chi connectivity index (χ3v) is 3.52. The Morgan fingerprint density at radius 2 is 2.29 bits per heavy atom. The van der Waals surface area contributed by atoms with Crippen LogP contribution in [-0.4, -0.2) is 47.3 Å². The number of amidine groups is 1. The molecule has 0 radical (unpaired) electrons. The third kappa shape index (κ3) is 3.19. The van der Waals surface area contributed by atoms with Crippen LogP contribution in [0.15, 0.2) is 17.4 Å². The van der Waals surface area contributed by atoms with E-state index in [2.05, 4.69) is 10.1 Å². The van der Waals surface area contributed by atoms with Crippen molar-refractivity contribution in [3.8, 4) is 0 Å². The van der Waals surface area contributed by atoms with Crippen LogP contribution in [0.4, 0.5) is 11.5 Å². The monoisotopic (exact) mass is 295 g/mol. The number of nitrogens with two attached hydrogens (primary N) is 1. The minimum absolute atomic E-state index is 0.193. The molecule has 1 aromatic rings. The summed E-state index contributed by atoms with van der Waals surface area (Å²) < 4.78 is 5.31. The van der Waals surface area contributed by atoms with Gasteiger partial charge in [-0.1, -0.05) is 5.16 Å². The Labute approximate surface area is 121 Å². The Morgan fingerprint density at radius 1 is 1.62 bits per heavy atom. The van der Waals surface area contributed by atoms with E-state index in [0.717, 1.165) is 12.8 Å². The van der Waals surface area contributed by atoms with E-state index in [-0.39, 0.29) is 23.1 Å². The van der Waals surface area contributed by atoms with Crippen molar-refractivity contribution in [1.82, 2.24) is 4.98 Å². The zero-order chi connectivity index (χ0) is 15.4. The van der Waals surface area contributed by atoms with Gasteiger partial charge < -0.3 is 20.6 Å². The van der Waals surface area contributed by atoms with Crippen LogP contribution in [0, 0.1) is 10.1 Å². The zero-order valence-corrected chi connectivity index (χ0v) is 11.6.